The fourth-order valence-corrected chi connectivity index (χ4v) is 4.54. The molecule has 0 aliphatic carbocycles. The molecule has 0 bridgehead atoms. The number of carbonyl (C=O) groups excluding carboxylic acids is 1. The van der Waals surface area contributed by atoms with Gasteiger partial charge in [0, 0.05) is 43.9 Å². The molecule has 3 rings (SSSR count). The number of H-pyrrole nitrogens is 1. The minimum atomic E-state index is -0.128. The molecule has 1 unspecified atom stereocenters. The Balaban J connectivity index is 1.62. The van der Waals surface area contributed by atoms with E-state index in [0.717, 1.165) is 45.4 Å². The number of rotatable bonds is 6. The Hall–Kier alpha value is -1.89. The number of aromatic nitrogens is 2. The Labute approximate surface area is 167 Å². The van der Waals surface area contributed by atoms with E-state index >= 15 is 0 Å². The lowest BCUT2D eigenvalue weighted by atomic mass is 9.78. The van der Waals surface area contributed by atoms with Gasteiger partial charge in [-0.2, -0.15) is 0 Å². The molecule has 0 aromatic carbocycles. The number of aryl methyl sites for hydroxylation is 1. The number of morpholine rings is 1. The molecular weight excluding hydrogens is 356 g/mol. The summed E-state index contributed by atoms with van der Waals surface area (Å²) in [6.07, 6.45) is 5.37. The van der Waals surface area contributed by atoms with Gasteiger partial charge in [0.1, 0.15) is 0 Å². The number of likely N-dealkylation sites (tertiary alicyclic amines) is 1. The first kappa shape index (κ1) is 20.8. The molecule has 0 saturated carbocycles. The zero-order valence-corrected chi connectivity index (χ0v) is 17.6. The van der Waals surface area contributed by atoms with Gasteiger partial charge in [-0.25, -0.2) is 4.98 Å². The van der Waals surface area contributed by atoms with E-state index in [1.165, 1.54) is 6.42 Å². The Kier molecular flexibility index (Phi) is 6.75. The minimum Gasteiger partial charge on any atom is -0.378 e. The summed E-state index contributed by atoms with van der Waals surface area (Å²) in [5.74, 6) is 0.755. The first-order chi connectivity index (χ1) is 13.4. The van der Waals surface area contributed by atoms with Crippen LogP contribution in [0.5, 0.6) is 0 Å². The third-order valence-corrected chi connectivity index (χ3v) is 6.10. The van der Waals surface area contributed by atoms with Crippen molar-refractivity contribution in [1.82, 2.24) is 14.9 Å². The van der Waals surface area contributed by atoms with E-state index in [1.54, 1.807) is 0 Å². The van der Waals surface area contributed by atoms with Crippen molar-refractivity contribution in [3.8, 4) is 0 Å². The van der Waals surface area contributed by atoms with Crippen molar-refractivity contribution >= 4 is 11.9 Å². The van der Waals surface area contributed by atoms with Gasteiger partial charge in [0.15, 0.2) is 0 Å². The number of amides is 1. The number of aromatic amines is 1. The van der Waals surface area contributed by atoms with Crippen LogP contribution in [0.3, 0.4) is 0 Å². The predicted octanol–water partition coefficient (Wildman–Crippen LogP) is 2.28. The summed E-state index contributed by atoms with van der Waals surface area (Å²) in [6, 6.07) is 0. The van der Waals surface area contributed by atoms with Gasteiger partial charge in [-0.1, -0.05) is 20.3 Å². The Morgan fingerprint density at radius 3 is 2.71 bits per heavy atom. The van der Waals surface area contributed by atoms with Gasteiger partial charge >= 0.3 is 0 Å². The van der Waals surface area contributed by atoms with Crippen molar-refractivity contribution in [2.45, 2.75) is 59.3 Å². The fraction of sp³-hybridized carbons (Fsp3) is 0.762. The Bertz CT molecular complexity index is 738. The van der Waals surface area contributed by atoms with E-state index in [2.05, 4.69) is 23.8 Å². The lowest BCUT2D eigenvalue weighted by molar-refractivity contribution is -0.134. The highest BCUT2D eigenvalue weighted by atomic mass is 16.5. The molecule has 1 amide bonds. The first-order valence-electron chi connectivity index (χ1n) is 10.6. The van der Waals surface area contributed by atoms with Crippen molar-refractivity contribution in [2.75, 3.05) is 44.3 Å². The maximum absolute atomic E-state index is 12.8. The highest BCUT2D eigenvalue weighted by Crippen LogP contribution is 2.34. The van der Waals surface area contributed by atoms with Gasteiger partial charge in [0.05, 0.1) is 13.2 Å². The highest BCUT2D eigenvalue weighted by molar-refractivity contribution is 5.76. The van der Waals surface area contributed by atoms with Crippen LogP contribution >= 0.6 is 0 Å². The fourth-order valence-electron chi connectivity index (χ4n) is 4.54. The van der Waals surface area contributed by atoms with Crippen molar-refractivity contribution in [3.63, 3.8) is 0 Å². The SMILES string of the molecule is CCCC1(C)CCCN(C(=O)CCc2c(C)nc(N3CCOCC3)[nH]c2=O)C1. The summed E-state index contributed by atoms with van der Waals surface area (Å²) in [5.41, 5.74) is 1.44. The summed E-state index contributed by atoms with van der Waals surface area (Å²) in [6.45, 7) is 10.8. The highest BCUT2D eigenvalue weighted by Gasteiger charge is 2.32. The third kappa shape index (κ3) is 4.93. The van der Waals surface area contributed by atoms with Crippen LogP contribution in [-0.4, -0.2) is 60.2 Å². The van der Waals surface area contributed by atoms with Crippen molar-refractivity contribution < 1.29 is 9.53 Å². The van der Waals surface area contributed by atoms with Crippen LogP contribution in [-0.2, 0) is 16.0 Å². The van der Waals surface area contributed by atoms with Crippen molar-refractivity contribution in [3.05, 3.63) is 21.6 Å². The third-order valence-electron chi connectivity index (χ3n) is 6.10. The zero-order chi connectivity index (χ0) is 20.1. The first-order valence-corrected chi connectivity index (χ1v) is 10.6. The Morgan fingerprint density at radius 1 is 1.29 bits per heavy atom. The largest absolute Gasteiger partial charge is 0.378 e. The van der Waals surface area contributed by atoms with E-state index in [4.69, 9.17) is 4.74 Å². The van der Waals surface area contributed by atoms with Crippen LogP contribution < -0.4 is 10.5 Å². The van der Waals surface area contributed by atoms with Crippen LogP contribution in [0.1, 0.15) is 57.2 Å². The number of nitrogens with zero attached hydrogens (tertiary/aromatic N) is 3. The van der Waals surface area contributed by atoms with E-state index < -0.39 is 0 Å². The van der Waals surface area contributed by atoms with E-state index in [1.807, 2.05) is 16.7 Å². The summed E-state index contributed by atoms with van der Waals surface area (Å²) >= 11 is 0. The molecule has 7 heteroatoms. The molecule has 0 radical (unpaired) electrons. The molecule has 7 nitrogen and oxygen atoms in total. The van der Waals surface area contributed by atoms with Gasteiger partial charge in [0.2, 0.25) is 11.9 Å². The average molecular weight is 391 g/mol. The topological polar surface area (TPSA) is 78.5 Å². The summed E-state index contributed by atoms with van der Waals surface area (Å²) in [5, 5.41) is 0. The Morgan fingerprint density at radius 2 is 2.04 bits per heavy atom. The maximum atomic E-state index is 12.8. The smallest absolute Gasteiger partial charge is 0.255 e. The van der Waals surface area contributed by atoms with Crippen LogP contribution in [0.4, 0.5) is 5.95 Å². The summed E-state index contributed by atoms with van der Waals surface area (Å²) < 4.78 is 5.35. The van der Waals surface area contributed by atoms with E-state index in [-0.39, 0.29) is 16.9 Å². The molecular formula is C21H34N4O3. The predicted molar refractivity (Wildman–Crippen MR) is 110 cm³/mol. The van der Waals surface area contributed by atoms with Crippen molar-refractivity contribution in [2.24, 2.45) is 5.41 Å². The summed E-state index contributed by atoms with van der Waals surface area (Å²) in [7, 11) is 0. The van der Waals surface area contributed by atoms with Gasteiger partial charge < -0.3 is 14.5 Å². The lowest BCUT2D eigenvalue weighted by Gasteiger charge is -2.40. The molecule has 2 saturated heterocycles. The minimum absolute atomic E-state index is 0.128. The molecule has 1 aromatic rings. The molecule has 1 N–H and O–H groups in total. The van der Waals surface area contributed by atoms with Crippen LogP contribution in [0, 0.1) is 12.3 Å². The number of ether oxygens (including phenoxy) is 1. The summed E-state index contributed by atoms with van der Waals surface area (Å²) in [4.78, 5) is 36.9. The van der Waals surface area contributed by atoms with Crippen LogP contribution in [0.15, 0.2) is 4.79 Å². The van der Waals surface area contributed by atoms with Gasteiger partial charge in [-0.05, 0) is 38.0 Å². The number of hydrogen-bond acceptors (Lipinski definition) is 5. The van der Waals surface area contributed by atoms with Crippen LogP contribution in [0.2, 0.25) is 0 Å². The zero-order valence-electron chi connectivity index (χ0n) is 17.6. The van der Waals surface area contributed by atoms with Gasteiger partial charge in [0.25, 0.3) is 5.56 Å². The molecule has 2 aliphatic rings. The molecule has 1 aromatic heterocycles. The molecule has 2 fully saturated rings. The standard InChI is InChI=1S/C21H34N4O3/c1-4-8-21(3)9-5-10-25(15-21)18(26)7-6-17-16(2)22-20(23-19(17)27)24-11-13-28-14-12-24/h4-15H2,1-3H3,(H,22,23,27). The molecule has 0 spiro atoms. The number of hydrogen-bond donors (Lipinski definition) is 1. The number of nitrogens with one attached hydrogen (secondary N) is 1. The van der Waals surface area contributed by atoms with E-state index in [9.17, 15) is 9.59 Å². The normalized spacial score (nSPS) is 23.1. The van der Waals surface area contributed by atoms with Crippen molar-refractivity contribution in [1.29, 1.82) is 0 Å². The molecule has 1 atom stereocenters. The molecule has 28 heavy (non-hydrogen) atoms. The quantitative estimate of drug-likeness (QED) is 0.806. The number of piperidine rings is 1. The maximum Gasteiger partial charge on any atom is 0.255 e. The second-order valence-corrected chi connectivity index (χ2v) is 8.53. The molecule has 156 valence electrons. The average Bonchev–Trinajstić information content (AvgIpc) is 2.67. The van der Waals surface area contributed by atoms with Gasteiger partial charge in [-0.15, -0.1) is 0 Å². The second-order valence-electron chi connectivity index (χ2n) is 8.53. The van der Waals surface area contributed by atoms with E-state index in [0.29, 0.717) is 43.3 Å². The second kappa shape index (κ2) is 9.07. The molecule has 3 heterocycles. The molecule has 2 aliphatic heterocycles. The monoisotopic (exact) mass is 390 g/mol. The van der Waals surface area contributed by atoms with Gasteiger partial charge in [-0.3, -0.25) is 14.6 Å². The lowest BCUT2D eigenvalue weighted by Crippen LogP contribution is -2.45. The van der Waals surface area contributed by atoms with Crippen LogP contribution in [0.25, 0.3) is 0 Å². The number of carbonyl (C=O) groups is 1. The number of anilines is 1.